The molecule has 0 saturated carbocycles. The Kier molecular flexibility index (Phi) is 3.33. The molecule has 2 saturated heterocycles. The first kappa shape index (κ1) is 11.4. The number of rotatable bonds is 2. The molecule has 0 aromatic heterocycles. The lowest BCUT2D eigenvalue weighted by Gasteiger charge is -2.49. The summed E-state index contributed by atoms with van der Waals surface area (Å²) in [5.41, 5.74) is 0.324. The summed E-state index contributed by atoms with van der Waals surface area (Å²) < 4.78 is 5.52. The molecule has 88 valence electrons. The summed E-state index contributed by atoms with van der Waals surface area (Å²) in [6, 6.07) is 1.27. The molecule has 2 aliphatic heterocycles. The third-order valence-electron chi connectivity index (χ3n) is 4.10. The van der Waals surface area contributed by atoms with E-state index in [1.54, 1.807) is 0 Å². The fourth-order valence-electron chi connectivity index (χ4n) is 2.76. The maximum atomic E-state index is 5.52. The van der Waals surface area contributed by atoms with Crippen LogP contribution in [-0.2, 0) is 4.74 Å². The van der Waals surface area contributed by atoms with Crippen molar-refractivity contribution >= 4 is 0 Å². The third-order valence-corrected chi connectivity index (χ3v) is 4.10. The molecule has 0 bridgehead atoms. The molecule has 3 heteroatoms. The number of hydrogen-bond donors (Lipinski definition) is 1. The Labute approximate surface area is 93.2 Å². The van der Waals surface area contributed by atoms with E-state index < -0.39 is 0 Å². The van der Waals surface area contributed by atoms with Crippen LogP contribution in [0.25, 0.3) is 0 Å². The molecular formula is C12H24N2O. The summed E-state index contributed by atoms with van der Waals surface area (Å²) in [5, 5.41) is 3.59. The van der Waals surface area contributed by atoms with Crippen LogP contribution < -0.4 is 5.32 Å². The summed E-state index contributed by atoms with van der Waals surface area (Å²) in [7, 11) is 0. The van der Waals surface area contributed by atoms with Gasteiger partial charge in [-0.2, -0.15) is 0 Å². The van der Waals surface area contributed by atoms with E-state index >= 15 is 0 Å². The number of piperazine rings is 1. The minimum atomic E-state index is 0.324. The molecule has 2 rings (SSSR count). The monoisotopic (exact) mass is 212 g/mol. The van der Waals surface area contributed by atoms with Crippen molar-refractivity contribution in [2.45, 2.75) is 51.2 Å². The molecule has 3 atom stereocenters. The van der Waals surface area contributed by atoms with Crippen LogP contribution in [0.3, 0.4) is 0 Å². The Morgan fingerprint density at radius 1 is 1.53 bits per heavy atom. The Balaban J connectivity index is 2.08. The number of hydrogen-bond acceptors (Lipinski definition) is 3. The minimum Gasteiger partial charge on any atom is -0.380 e. The van der Waals surface area contributed by atoms with Gasteiger partial charge in [-0.15, -0.1) is 0 Å². The lowest BCUT2D eigenvalue weighted by Crippen LogP contribution is -2.65. The molecule has 1 N–H and O–H groups in total. The van der Waals surface area contributed by atoms with Gasteiger partial charge in [0.05, 0.1) is 6.61 Å². The maximum absolute atomic E-state index is 5.52. The van der Waals surface area contributed by atoms with Gasteiger partial charge in [0.2, 0.25) is 0 Å². The molecule has 0 aromatic rings. The zero-order chi connectivity index (χ0) is 10.9. The van der Waals surface area contributed by atoms with E-state index in [-0.39, 0.29) is 0 Å². The molecule has 0 amide bonds. The van der Waals surface area contributed by atoms with E-state index in [1.807, 2.05) is 0 Å². The average molecular weight is 212 g/mol. The summed E-state index contributed by atoms with van der Waals surface area (Å²) in [5.74, 6) is 0. The standard InChI is InChI=1S/C12H24N2O/c1-4-12(3)9-13-10(2)7-14(12)11-5-6-15-8-11/h10-11,13H,4-9H2,1-3H3. The fourth-order valence-corrected chi connectivity index (χ4v) is 2.76. The smallest absolute Gasteiger partial charge is 0.0622 e. The van der Waals surface area contributed by atoms with Crippen molar-refractivity contribution in [2.75, 3.05) is 26.3 Å². The lowest BCUT2D eigenvalue weighted by atomic mass is 9.90. The van der Waals surface area contributed by atoms with E-state index in [4.69, 9.17) is 4.74 Å². The van der Waals surface area contributed by atoms with E-state index in [0.29, 0.717) is 17.6 Å². The second-order valence-corrected chi connectivity index (χ2v) is 5.30. The van der Waals surface area contributed by atoms with Crippen molar-refractivity contribution in [3.05, 3.63) is 0 Å². The maximum Gasteiger partial charge on any atom is 0.0622 e. The van der Waals surface area contributed by atoms with E-state index in [1.165, 1.54) is 19.4 Å². The zero-order valence-corrected chi connectivity index (χ0v) is 10.3. The average Bonchev–Trinajstić information content (AvgIpc) is 2.75. The molecule has 3 nitrogen and oxygen atoms in total. The lowest BCUT2D eigenvalue weighted by molar-refractivity contribution is 0.00910. The van der Waals surface area contributed by atoms with Gasteiger partial charge in [-0.3, -0.25) is 4.90 Å². The highest BCUT2D eigenvalue weighted by atomic mass is 16.5. The molecule has 2 heterocycles. The van der Waals surface area contributed by atoms with Gasteiger partial charge in [0, 0.05) is 37.3 Å². The van der Waals surface area contributed by atoms with Crippen LogP contribution in [0.2, 0.25) is 0 Å². The Hall–Kier alpha value is -0.120. The molecule has 2 aliphatic rings. The van der Waals surface area contributed by atoms with E-state index in [2.05, 4.69) is 31.0 Å². The van der Waals surface area contributed by atoms with Crippen LogP contribution in [0.5, 0.6) is 0 Å². The topological polar surface area (TPSA) is 24.5 Å². The van der Waals surface area contributed by atoms with Crippen LogP contribution in [0.4, 0.5) is 0 Å². The normalized spacial score (nSPS) is 43.4. The van der Waals surface area contributed by atoms with E-state index in [9.17, 15) is 0 Å². The van der Waals surface area contributed by atoms with Crippen molar-refractivity contribution in [3.8, 4) is 0 Å². The van der Waals surface area contributed by atoms with E-state index in [0.717, 1.165) is 19.8 Å². The van der Waals surface area contributed by atoms with Gasteiger partial charge in [-0.1, -0.05) is 6.92 Å². The van der Waals surface area contributed by atoms with Crippen molar-refractivity contribution < 1.29 is 4.74 Å². The summed E-state index contributed by atoms with van der Waals surface area (Å²) >= 11 is 0. The largest absolute Gasteiger partial charge is 0.380 e. The van der Waals surface area contributed by atoms with Gasteiger partial charge < -0.3 is 10.1 Å². The van der Waals surface area contributed by atoms with Crippen LogP contribution in [-0.4, -0.2) is 48.8 Å². The summed E-state index contributed by atoms with van der Waals surface area (Å²) in [6.07, 6.45) is 2.42. The Bertz CT molecular complexity index is 216. The van der Waals surface area contributed by atoms with Crippen molar-refractivity contribution in [3.63, 3.8) is 0 Å². The van der Waals surface area contributed by atoms with Gasteiger partial charge in [-0.05, 0) is 26.7 Å². The Morgan fingerprint density at radius 2 is 2.33 bits per heavy atom. The molecular weight excluding hydrogens is 188 g/mol. The highest BCUT2D eigenvalue weighted by molar-refractivity contribution is 4.97. The van der Waals surface area contributed by atoms with Gasteiger partial charge in [-0.25, -0.2) is 0 Å². The zero-order valence-electron chi connectivity index (χ0n) is 10.3. The number of nitrogens with zero attached hydrogens (tertiary/aromatic N) is 1. The highest BCUT2D eigenvalue weighted by Crippen LogP contribution is 2.28. The third kappa shape index (κ3) is 2.19. The molecule has 0 spiro atoms. The van der Waals surface area contributed by atoms with Crippen LogP contribution >= 0.6 is 0 Å². The first-order valence-electron chi connectivity index (χ1n) is 6.23. The van der Waals surface area contributed by atoms with Crippen molar-refractivity contribution in [1.29, 1.82) is 0 Å². The number of nitrogens with one attached hydrogen (secondary N) is 1. The first-order chi connectivity index (χ1) is 7.15. The molecule has 0 aromatic carbocycles. The van der Waals surface area contributed by atoms with Gasteiger partial charge in [0.1, 0.15) is 0 Å². The molecule has 3 unspecified atom stereocenters. The van der Waals surface area contributed by atoms with Crippen LogP contribution in [0, 0.1) is 0 Å². The van der Waals surface area contributed by atoms with Crippen LogP contribution in [0.1, 0.15) is 33.6 Å². The summed E-state index contributed by atoms with van der Waals surface area (Å²) in [6.45, 7) is 11.1. The fraction of sp³-hybridized carbons (Fsp3) is 1.00. The second-order valence-electron chi connectivity index (χ2n) is 5.30. The Morgan fingerprint density at radius 3 is 2.93 bits per heavy atom. The van der Waals surface area contributed by atoms with Crippen molar-refractivity contribution in [1.82, 2.24) is 10.2 Å². The summed E-state index contributed by atoms with van der Waals surface area (Å²) in [4.78, 5) is 2.68. The molecule has 2 fully saturated rings. The van der Waals surface area contributed by atoms with Gasteiger partial charge in [0.15, 0.2) is 0 Å². The highest BCUT2D eigenvalue weighted by Gasteiger charge is 2.40. The second kappa shape index (κ2) is 4.40. The van der Waals surface area contributed by atoms with Crippen molar-refractivity contribution in [2.24, 2.45) is 0 Å². The quantitative estimate of drug-likeness (QED) is 0.745. The predicted molar refractivity (Wildman–Crippen MR) is 62.1 cm³/mol. The SMILES string of the molecule is CCC1(C)CNC(C)CN1C1CCOC1. The predicted octanol–water partition coefficient (Wildman–Crippen LogP) is 1.24. The minimum absolute atomic E-state index is 0.324. The first-order valence-corrected chi connectivity index (χ1v) is 6.23. The molecule has 15 heavy (non-hydrogen) atoms. The van der Waals surface area contributed by atoms with Crippen LogP contribution in [0.15, 0.2) is 0 Å². The van der Waals surface area contributed by atoms with Gasteiger partial charge >= 0.3 is 0 Å². The molecule has 0 aliphatic carbocycles. The van der Waals surface area contributed by atoms with Gasteiger partial charge in [0.25, 0.3) is 0 Å². The molecule has 0 radical (unpaired) electrons. The number of ether oxygens (including phenoxy) is 1.